The zero-order valence-electron chi connectivity index (χ0n) is 10.2. The molecule has 0 aliphatic heterocycles. The lowest BCUT2D eigenvalue weighted by Crippen LogP contribution is -2.27. The lowest BCUT2D eigenvalue weighted by Gasteiger charge is -2.05. The summed E-state index contributed by atoms with van der Waals surface area (Å²) in [6, 6.07) is 7.78. The third kappa shape index (κ3) is 4.15. The van der Waals surface area contributed by atoms with E-state index >= 15 is 0 Å². The van der Waals surface area contributed by atoms with Crippen LogP contribution in [0, 0.1) is 0 Å². The van der Waals surface area contributed by atoms with Crippen molar-refractivity contribution in [3.8, 4) is 0 Å². The van der Waals surface area contributed by atoms with Crippen molar-refractivity contribution >= 4 is 21.8 Å². The Morgan fingerprint density at radius 2 is 2.11 bits per heavy atom. The second-order valence-corrected chi connectivity index (χ2v) is 4.93. The summed E-state index contributed by atoms with van der Waals surface area (Å²) in [6.45, 7) is 0.953. The number of rotatable bonds is 5. The molecule has 1 amide bonds. The molecule has 0 saturated heterocycles. The number of benzene rings is 1. The van der Waals surface area contributed by atoms with Crippen molar-refractivity contribution in [3.63, 3.8) is 0 Å². The molecule has 1 aromatic carbocycles. The quantitative estimate of drug-likeness (QED) is 0.852. The summed E-state index contributed by atoms with van der Waals surface area (Å²) in [5.41, 5.74) is 7.13. The molecular formula is C12H14BrN5O. The third-order valence-electron chi connectivity index (χ3n) is 2.50. The fraction of sp³-hybridized carbons (Fsp3) is 0.250. The standard InChI is InChI=1S/C12H14BrN5O/c13-10-3-1-9(2-4-10)6-15-12(19)8-18-7-11(5-14)16-17-18/h1-4,7H,5-6,8,14H2,(H,15,19). The summed E-state index contributed by atoms with van der Waals surface area (Å²) < 4.78 is 2.48. The Morgan fingerprint density at radius 3 is 2.74 bits per heavy atom. The van der Waals surface area contributed by atoms with Gasteiger partial charge in [0.05, 0.1) is 11.9 Å². The number of aromatic nitrogens is 3. The number of hydrogen-bond donors (Lipinski definition) is 2. The van der Waals surface area contributed by atoms with E-state index in [-0.39, 0.29) is 12.5 Å². The minimum absolute atomic E-state index is 0.114. The van der Waals surface area contributed by atoms with Crippen LogP contribution in [0.25, 0.3) is 0 Å². The fourth-order valence-corrected chi connectivity index (χ4v) is 1.78. The van der Waals surface area contributed by atoms with Gasteiger partial charge in [0.15, 0.2) is 0 Å². The zero-order chi connectivity index (χ0) is 13.7. The molecule has 0 saturated carbocycles. The molecular weight excluding hydrogens is 310 g/mol. The number of nitrogens with one attached hydrogen (secondary N) is 1. The molecule has 0 aliphatic rings. The third-order valence-corrected chi connectivity index (χ3v) is 3.03. The van der Waals surface area contributed by atoms with Crippen LogP contribution < -0.4 is 11.1 Å². The van der Waals surface area contributed by atoms with Gasteiger partial charge in [-0.1, -0.05) is 33.3 Å². The van der Waals surface area contributed by atoms with E-state index in [1.165, 1.54) is 4.68 Å². The lowest BCUT2D eigenvalue weighted by molar-refractivity contribution is -0.122. The van der Waals surface area contributed by atoms with Gasteiger partial charge in [-0.25, -0.2) is 4.68 Å². The van der Waals surface area contributed by atoms with Crippen LogP contribution in [0.4, 0.5) is 0 Å². The van der Waals surface area contributed by atoms with Crippen molar-refractivity contribution in [2.45, 2.75) is 19.6 Å². The van der Waals surface area contributed by atoms with Gasteiger partial charge in [-0.05, 0) is 17.7 Å². The Morgan fingerprint density at radius 1 is 1.37 bits per heavy atom. The van der Waals surface area contributed by atoms with E-state index in [1.54, 1.807) is 6.20 Å². The molecule has 19 heavy (non-hydrogen) atoms. The van der Waals surface area contributed by atoms with E-state index in [0.29, 0.717) is 18.8 Å². The minimum Gasteiger partial charge on any atom is -0.350 e. The highest BCUT2D eigenvalue weighted by Crippen LogP contribution is 2.10. The maximum absolute atomic E-state index is 11.7. The monoisotopic (exact) mass is 323 g/mol. The van der Waals surface area contributed by atoms with Crippen molar-refractivity contribution < 1.29 is 4.79 Å². The van der Waals surface area contributed by atoms with Crippen molar-refractivity contribution in [1.82, 2.24) is 20.3 Å². The van der Waals surface area contributed by atoms with Gasteiger partial charge < -0.3 is 11.1 Å². The average Bonchev–Trinajstić information content (AvgIpc) is 2.86. The van der Waals surface area contributed by atoms with Crippen molar-refractivity contribution in [3.05, 3.63) is 46.2 Å². The van der Waals surface area contributed by atoms with Crippen LogP contribution in [0.5, 0.6) is 0 Å². The van der Waals surface area contributed by atoms with Gasteiger partial charge in [0.25, 0.3) is 0 Å². The van der Waals surface area contributed by atoms with E-state index in [1.807, 2.05) is 24.3 Å². The SMILES string of the molecule is NCc1cn(CC(=O)NCc2ccc(Br)cc2)nn1. The van der Waals surface area contributed by atoms with Crippen LogP contribution >= 0.6 is 15.9 Å². The summed E-state index contributed by atoms with van der Waals surface area (Å²) in [4.78, 5) is 11.7. The van der Waals surface area contributed by atoms with Gasteiger partial charge in [0.1, 0.15) is 6.54 Å². The maximum Gasteiger partial charge on any atom is 0.242 e. The molecule has 2 rings (SSSR count). The van der Waals surface area contributed by atoms with Crippen LogP contribution in [0.1, 0.15) is 11.3 Å². The fourth-order valence-electron chi connectivity index (χ4n) is 1.52. The van der Waals surface area contributed by atoms with E-state index in [0.717, 1.165) is 10.0 Å². The topological polar surface area (TPSA) is 85.8 Å². The van der Waals surface area contributed by atoms with Gasteiger partial charge in [0.2, 0.25) is 5.91 Å². The number of amides is 1. The minimum atomic E-state index is -0.114. The summed E-state index contributed by atoms with van der Waals surface area (Å²) >= 11 is 3.36. The van der Waals surface area contributed by atoms with E-state index in [2.05, 4.69) is 31.6 Å². The maximum atomic E-state index is 11.7. The number of hydrogen-bond acceptors (Lipinski definition) is 4. The van der Waals surface area contributed by atoms with E-state index in [9.17, 15) is 4.79 Å². The van der Waals surface area contributed by atoms with Crippen molar-refractivity contribution in [2.24, 2.45) is 5.73 Å². The molecule has 0 bridgehead atoms. The Kier molecular flexibility index (Phi) is 4.64. The molecule has 0 radical (unpaired) electrons. The predicted octanol–water partition coefficient (Wildman–Crippen LogP) is 0.816. The summed E-state index contributed by atoms with van der Waals surface area (Å²) in [5, 5.41) is 10.5. The van der Waals surface area contributed by atoms with Crippen LogP contribution in [0.2, 0.25) is 0 Å². The largest absolute Gasteiger partial charge is 0.350 e. The first-order valence-corrected chi connectivity index (χ1v) is 6.57. The second kappa shape index (κ2) is 6.44. The highest BCUT2D eigenvalue weighted by atomic mass is 79.9. The molecule has 0 fully saturated rings. The first-order chi connectivity index (χ1) is 9.17. The Labute approximate surface area is 119 Å². The molecule has 0 aliphatic carbocycles. The first-order valence-electron chi connectivity index (χ1n) is 5.77. The van der Waals surface area contributed by atoms with Crippen molar-refractivity contribution in [1.29, 1.82) is 0 Å². The van der Waals surface area contributed by atoms with Gasteiger partial charge in [-0.15, -0.1) is 5.10 Å². The number of nitrogens with zero attached hydrogens (tertiary/aromatic N) is 3. The Bertz CT molecular complexity index is 552. The summed E-state index contributed by atoms with van der Waals surface area (Å²) in [7, 11) is 0. The van der Waals surface area contributed by atoms with E-state index in [4.69, 9.17) is 5.73 Å². The Balaban J connectivity index is 1.82. The van der Waals surface area contributed by atoms with Gasteiger partial charge in [0, 0.05) is 17.6 Å². The molecule has 100 valence electrons. The molecule has 0 atom stereocenters. The highest BCUT2D eigenvalue weighted by molar-refractivity contribution is 9.10. The number of carbonyl (C=O) groups excluding carboxylic acids is 1. The van der Waals surface area contributed by atoms with E-state index < -0.39 is 0 Å². The zero-order valence-corrected chi connectivity index (χ0v) is 11.8. The molecule has 2 aromatic rings. The summed E-state index contributed by atoms with van der Waals surface area (Å²) in [5.74, 6) is -0.114. The van der Waals surface area contributed by atoms with Gasteiger partial charge >= 0.3 is 0 Å². The molecule has 3 N–H and O–H groups in total. The highest BCUT2D eigenvalue weighted by Gasteiger charge is 2.05. The molecule has 7 heteroatoms. The van der Waals surface area contributed by atoms with Crippen LogP contribution in [0.15, 0.2) is 34.9 Å². The molecule has 0 spiro atoms. The average molecular weight is 324 g/mol. The van der Waals surface area contributed by atoms with Crippen LogP contribution in [-0.2, 0) is 24.4 Å². The predicted molar refractivity (Wildman–Crippen MR) is 73.9 cm³/mol. The molecule has 1 heterocycles. The van der Waals surface area contributed by atoms with Crippen molar-refractivity contribution in [2.75, 3.05) is 0 Å². The number of carbonyl (C=O) groups is 1. The second-order valence-electron chi connectivity index (χ2n) is 4.01. The molecule has 0 unspecified atom stereocenters. The normalized spacial score (nSPS) is 10.4. The number of nitrogens with two attached hydrogens (primary N) is 1. The van der Waals surface area contributed by atoms with Crippen LogP contribution in [-0.4, -0.2) is 20.9 Å². The smallest absolute Gasteiger partial charge is 0.242 e. The molecule has 6 nitrogen and oxygen atoms in total. The number of halogens is 1. The first kappa shape index (κ1) is 13.7. The Hall–Kier alpha value is -1.73. The summed E-state index contributed by atoms with van der Waals surface area (Å²) in [6.07, 6.45) is 1.67. The lowest BCUT2D eigenvalue weighted by atomic mass is 10.2. The van der Waals surface area contributed by atoms with Crippen LogP contribution in [0.3, 0.4) is 0 Å². The molecule has 1 aromatic heterocycles. The van der Waals surface area contributed by atoms with Gasteiger partial charge in [-0.3, -0.25) is 4.79 Å². The van der Waals surface area contributed by atoms with Gasteiger partial charge in [-0.2, -0.15) is 0 Å².